The Bertz CT molecular complexity index is 1630. The van der Waals surface area contributed by atoms with Crippen LogP contribution in [0.1, 0.15) is 39.2 Å². The summed E-state index contributed by atoms with van der Waals surface area (Å²) in [5.41, 5.74) is 0.332. The Morgan fingerprint density at radius 2 is 1.49 bits per heavy atom. The predicted octanol–water partition coefficient (Wildman–Crippen LogP) is 6.51. The number of halogens is 6. The van der Waals surface area contributed by atoms with Crippen molar-refractivity contribution in [1.29, 1.82) is 0 Å². The number of benzene rings is 2. The Morgan fingerprint density at radius 1 is 0.821 bits per heavy atom. The monoisotopic (exact) mass is 544 g/mol. The Kier molecular flexibility index (Phi) is 6.83. The Balaban J connectivity index is 1.53. The highest BCUT2D eigenvalue weighted by molar-refractivity contribution is 5.83. The van der Waals surface area contributed by atoms with Crippen molar-refractivity contribution in [3.05, 3.63) is 123 Å². The van der Waals surface area contributed by atoms with Crippen LogP contribution in [0.2, 0.25) is 0 Å². The highest BCUT2D eigenvalue weighted by Crippen LogP contribution is 2.36. The first-order chi connectivity index (χ1) is 18.5. The standard InChI is InChI=1S/C28H22F6N4O/c29-27(30,31)20-11-18(12-21(14-20)28(32,33)34)5-6-25-24(13-19-15-36-23-4-2-1-3-22(19)23)37-26(39)38(25)16-17-7-9-35-10-8-17/h1-4,7-12,14-15,36H,5-6,13,16H2,(H,37,39). The highest BCUT2D eigenvalue weighted by atomic mass is 19.4. The topological polar surface area (TPSA) is 66.5 Å². The molecule has 2 N–H and O–H groups in total. The molecule has 0 radical (unpaired) electrons. The summed E-state index contributed by atoms with van der Waals surface area (Å²) in [6.07, 6.45) is -4.70. The lowest BCUT2D eigenvalue weighted by Crippen LogP contribution is -2.20. The number of aromatic amines is 2. The molecule has 0 fully saturated rings. The SMILES string of the molecule is O=c1[nH]c(Cc2c[nH]c3ccccc23)c(CCc2cc(C(F)(F)F)cc(C(F)(F)F)c2)n1Cc1ccncc1. The van der Waals surface area contributed by atoms with Crippen molar-refractivity contribution in [3.63, 3.8) is 0 Å². The van der Waals surface area contributed by atoms with Gasteiger partial charge in [-0.1, -0.05) is 18.2 Å². The van der Waals surface area contributed by atoms with Gasteiger partial charge in [-0.15, -0.1) is 0 Å². The highest BCUT2D eigenvalue weighted by Gasteiger charge is 2.36. The molecule has 3 aromatic heterocycles. The first-order valence-corrected chi connectivity index (χ1v) is 12.0. The maximum Gasteiger partial charge on any atom is 0.416 e. The molecule has 3 heterocycles. The molecule has 0 atom stereocenters. The van der Waals surface area contributed by atoms with E-state index < -0.39 is 29.2 Å². The average molecular weight is 544 g/mol. The third-order valence-corrected chi connectivity index (χ3v) is 6.61. The molecule has 0 aliphatic carbocycles. The van der Waals surface area contributed by atoms with E-state index in [1.165, 1.54) is 4.57 Å². The van der Waals surface area contributed by atoms with Crippen LogP contribution in [0.15, 0.2) is 78.0 Å². The summed E-state index contributed by atoms with van der Waals surface area (Å²) in [5.74, 6) is 0. The van der Waals surface area contributed by atoms with Gasteiger partial charge in [0.05, 0.1) is 17.7 Å². The summed E-state index contributed by atoms with van der Waals surface area (Å²) >= 11 is 0. The molecule has 11 heteroatoms. The molecule has 0 unspecified atom stereocenters. The summed E-state index contributed by atoms with van der Waals surface area (Å²) in [6, 6.07) is 12.6. The number of pyridine rings is 1. The van der Waals surface area contributed by atoms with Crippen molar-refractivity contribution in [3.8, 4) is 0 Å². The zero-order chi connectivity index (χ0) is 27.8. The number of para-hydroxylation sites is 1. The number of hydrogen-bond donors (Lipinski definition) is 2. The van der Waals surface area contributed by atoms with Gasteiger partial charge < -0.3 is 9.97 Å². The van der Waals surface area contributed by atoms with E-state index in [1.54, 1.807) is 24.5 Å². The van der Waals surface area contributed by atoms with Crippen molar-refractivity contribution in [2.75, 3.05) is 0 Å². The van der Waals surface area contributed by atoms with Crippen molar-refractivity contribution in [2.24, 2.45) is 0 Å². The van der Waals surface area contributed by atoms with E-state index in [0.717, 1.165) is 34.2 Å². The van der Waals surface area contributed by atoms with E-state index in [2.05, 4.69) is 15.0 Å². The minimum Gasteiger partial charge on any atom is -0.361 e. The fourth-order valence-corrected chi connectivity index (χ4v) is 4.72. The van der Waals surface area contributed by atoms with Gasteiger partial charge in [-0.2, -0.15) is 26.3 Å². The summed E-state index contributed by atoms with van der Waals surface area (Å²) < 4.78 is 81.8. The minimum absolute atomic E-state index is 0.0418. The maximum atomic E-state index is 13.4. The second-order valence-corrected chi connectivity index (χ2v) is 9.25. The molecule has 5 aromatic rings. The van der Waals surface area contributed by atoms with E-state index in [9.17, 15) is 31.1 Å². The molecule has 2 aromatic carbocycles. The van der Waals surface area contributed by atoms with E-state index in [-0.39, 0.29) is 31.0 Å². The normalized spacial score (nSPS) is 12.4. The van der Waals surface area contributed by atoms with E-state index >= 15 is 0 Å². The molecule has 0 bridgehead atoms. The molecule has 39 heavy (non-hydrogen) atoms. The van der Waals surface area contributed by atoms with Gasteiger partial charge in [0.25, 0.3) is 0 Å². The predicted molar refractivity (Wildman–Crippen MR) is 133 cm³/mol. The fraction of sp³-hybridized carbons (Fsp3) is 0.214. The summed E-state index contributed by atoms with van der Waals surface area (Å²) in [7, 11) is 0. The lowest BCUT2D eigenvalue weighted by molar-refractivity contribution is -0.143. The van der Waals surface area contributed by atoms with Crippen LogP contribution < -0.4 is 5.69 Å². The molecular weight excluding hydrogens is 522 g/mol. The van der Waals surface area contributed by atoms with Crippen LogP contribution in [0, 0.1) is 0 Å². The van der Waals surface area contributed by atoms with Gasteiger partial charge in [0.1, 0.15) is 0 Å². The number of hydrogen-bond acceptors (Lipinski definition) is 2. The zero-order valence-electron chi connectivity index (χ0n) is 20.3. The van der Waals surface area contributed by atoms with Gasteiger partial charge in [-0.3, -0.25) is 9.55 Å². The molecule has 5 rings (SSSR count). The van der Waals surface area contributed by atoms with Crippen LogP contribution in [-0.2, 0) is 38.2 Å². The van der Waals surface area contributed by atoms with Crippen LogP contribution in [0.4, 0.5) is 26.3 Å². The summed E-state index contributed by atoms with van der Waals surface area (Å²) in [5, 5.41) is 0.943. The lowest BCUT2D eigenvalue weighted by Gasteiger charge is -2.15. The second-order valence-electron chi connectivity index (χ2n) is 9.25. The van der Waals surface area contributed by atoms with Crippen molar-refractivity contribution in [1.82, 2.24) is 19.5 Å². The summed E-state index contributed by atoms with van der Waals surface area (Å²) in [4.78, 5) is 23.0. The van der Waals surface area contributed by atoms with Crippen LogP contribution >= 0.6 is 0 Å². The largest absolute Gasteiger partial charge is 0.416 e. The molecule has 0 spiro atoms. The number of fused-ring (bicyclic) bond motifs is 1. The fourth-order valence-electron chi connectivity index (χ4n) is 4.72. The second kappa shape index (κ2) is 10.1. The van der Waals surface area contributed by atoms with Crippen molar-refractivity contribution >= 4 is 10.9 Å². The molecule has 0 saturated carbocycles. The molecule has 0 aliphatic rings. The van der Waals surface area contributed by atoms with Crippen LogP contribution in [0.5, 0.6) is 0 Å². The molecule has 0 amide bonds. The number of nitrogens with one attached hydrogen (secondary N) is 2. The first-order valence-electron chi connectivity index (χ1n) is 12.0. The number of aromatic nitrogens is 4. The zero-order valence-corrected chi connectivity index (χ0v) is 20.3. The van der Waals surface area contributed by atoms with Gasteiger partial charge in [0.15, 0.2) is 0 Å². The molecule has 202 valence electrons. The minimum atomic E-state index is -4.94. The number of alkyl halides is 6. The molecule has 0 saturated heterocycles. The van der Waals surface area contributed by atoms with Gasteiger partial charge in [-0.05, 0) is 65.9 Å². The van der Waals surface area contributed by atoms with Crippen molar-refractivity contribution < 1.29 is 26.3 Å². The van der Waals surface area contributed by atoms with Gasteiger partial charge >= 0.3 is 18.0 Å². The maximum absolute atomic E-state index is 13.4. The quantitative estimate of drug-likeness (QED) is 0.229. The first kappa shape index (κ1) is 26.3. The molecular formula is C28H22F6N4O. The number of rotatable bonds is 7. The van der Waals surface area contributed by atoms with Gasteiger partial charge in [0.2, 0.25) is 0 Å². The molecule has 0 aliphatic heterocycles. The Labute approximate surface area is 218 Å². The Hall–Kier alpha value is -4.28. The number of aryl methyl sites for hydroxylation is 1. The van der Waals surface area contributed by atoms with Crippen LogP contribution in [-0.4, -0.2) is 19.5 Å². The van der Waals surface area contributed by atoms with E-state index in [4.69, 9.17) is 0 Å². The van der Waals surface area contributed by atoms with Crippen molar-refractivity contribution in [2.45, 2.75) is 38.2 Å². The van der Waals surface area contributed by atoms with Gasteiger partial charge in [0, 0.05) is 47.3 Å². The van der Waals surface area contributed by atoms with E-state index in [0.29, 0.717) is 17.8 Å². The van der Waals surface area contributed by atoms with Crippen LogP contribution in [0.3, 0.4) is 0 Å². The third-order valence-electron chi connectivity index (χ3n) is 6.61. The van der Waals surface area contributed by atoms with E-state index in [1.807, 2.05) is 30.5 Å². The number of H-pyrrole nitrogens is 2. The smallest absolute Gasteiger partial charge is 0.361 e. The van der Waals surface area contributed by atoms with Gasteiger partial charge in [-0.25, -0.2) is 4.79 Å². The Morgan fingerprint density at radius 3 is 2.15 bits per heavy atom. The third kappa shape index (κ3) is 5.76. The summed E-state index contributed by atoms with van der Waals surface area (Å²) in [6.45, 7) is 0.164. The average Bonchev–Trinajstić information content (AvgIpc) is 3.42. The number of imidazole rings is 1. The molecule has 5 nitrogen and oxygen atoms in total. The van der Waals surface area contributed by atoms with Crippen LogP contribution in [0.25, 0.3) is 10.9 Å². The lowest BCUT2D eigenvalue weighted by atomic mass is 9.99. The number of nitrogens with zero attached hydrogens (tertiary/aromatic N) is 2.